The van der Waals surface area contributed by atoms with E-state index in [0.29, 0.717) is 19.0 Å². The van der Waals surface area contributed by atoms with Crippen LogP contribution in [0.15, 0.2) is 30.5 Å². The Kier molecular flexibility index (Phi) is 5.87. The summed E-state index contributed by atoms with van der Waals surface area (Å²) in [5.74, 6) is 0.435. The number of ether oxygens (including phenoxy) is 1. The number of nitrogens with one attached hydrogen (secondary N) is 1. The average molecular weight is 295 g/mol. The Bertz CT molecular complexity index is 507. The first-order chi connectivity index (χ1) is 9.78. The lowest BCUT2D eigenvalue weighted by molar-refractivity contribution is 0.104. The maximum Gasteiger partial charge on any atom is 0.245 e. The summed E-state index contributed by atoms with van der Waals surface area (Å²) in [6.45, 7) is 1.26. The van der Waals surface area contributed by atoms with E-state index in [1.807, 2.05) is 24.3 Å². The second kappa shape index (κ2) is 7.91. The highest BCUT2D eigenvalue weighted by Gasteiger charge is 2.06. The Labute approximate surface area is 121 Å². The van der Waals surface area contributed by atoms with Gasteiger partial charge >= 0.3 is 0 Å². The van der Waals surface area contributed by atoms with Crippen LogP contribution in [0.4, 0.5) is 0 Å². The van der Waals surface area contributed by atoms with Gasteiger partial charge in [0.25, 0.3) is 0 Å². The molecule has 6 nitrogen and oxygen atoms in total. The number of aliphatic hydroxyl groups excluding tert-OH is 2. The van der Waals surface area contributed by atoms with Gasteiger partial charge in [-0.2, -0.15) is 4.37 Å². The van der Waals surface area contributed by atoms with Gasteiger partial charge < -0.3 is 20.3 Å². The molecule has 2 aromatic rings. The maximum absolute atomic E-state index is 9.75. The molecule has 2 rings (SSSR count). The monoisotopic (exact) mass is 295 g/mol. The third kappa shape index (κ3) is 4.86. The fraction of sp³-hybridized carbons (Fsp3) is 0.385. The topological polar surface area (TPSA) is 87.5 Å². The van der Waals surface area contributed by atoms with Crippen molar-refractivity contribution in [3.05, 3.63) is 41.6 Å². The van der Waals surface area contributed by atoms with E-state index in [2.05, 4.69) is 14.1 Å². The molecule has 0 aliphatic heterocycles. The Hall–Kier alpha value is -1.54. The fourth-order valence-corrected chi connectivity index (χ4v) is 2.05. The van der Waals surface area contributed by atoms with Gasteiger partial charge in [-0.25, -0.2) is 0 Å². The number of hydrogen-bond donors (Lipinski definition) is 3. The Morgan fingerprint density at radius 1 is 1.35 bits per heavy atom. The molecular formula is C13H17N3O3S. The van der Waals surface area contributed by atoms with Crippen LogP contribution in [0.25, 0.3) is 0 Å². The molecule has 20 heavy (non-hydrogen) atoms. The standard InChI is InChI=1S/C13H17N3O3S/c17-8-11-3-1-2-10(4-11)5-14-6-12(18)9-19-13-7-15-20-16-13/h1-4,7,12,14,17-18H,5-6,8-9H2. The number of nitrogens with zero attached hydrogens (tertiary/aromatic N) is 2. The number of benzene rings is 1. The molecule has 1 heterocycles. The van der Waals surface area contributed by atoms with Gasteiger partial charge in [-0.3, -0.25) is 0 Å². The lowest BCUT2D eigenvalue weighted by Gasteiger charge is -2.12. The van der Waals surface area contributed by atoms with Crippen molar-refractivity contribution in [3.63, 3.8) is 0 Å². The van der Waals surface area contributed by atoms with E-state index in [9.17, 15) is 5.11 Å². The van der Waals surface area contributed by atoms with Crippen molar-refractivity contribution in [1.29, 1.82) is 0 Å². The molecule has 1 aromatic carbocycles. The molecule has 0 radical (unpaired) electrons. The van der Waals surface area contributed by atoms with Crippen molar-refractivity contribution >= 4 is 11.7 Å². The summed E-state index contributed by atoms with van der Waals surface area (Å²) in [5, 5.41) is 21.9. The molecule has 0 spiro atoms. The summed E-state index contributed by atoms with van der Waals surface area (Å²) in [5.41, 5.74) is 1.94. The first-order valence-corrected chi connectivity index (χ1v) is 6.99. The van der Waals surface area contributed by atoms with Crippen LogP contribution in [-0.2, 0) is 13.2 Å². The molecule has 108 valence electrons. The minimum absolute atomic E-state index is 0.0337. The van der Waals surface area contributed by atoms with Gasteiger partial charge in [0.1, 0.15) is 18.9 Å². The van der Waals surface area contributed by atoms with Gasteiger partial charge in [-0.15, -0.1) is 4.37 Å². The minimum Gasteiger partial charge on any atom is -0.473 e. The first kappa shape index (κ1) is 14.9. The van der Waals surface area contributed by atoms with E-state index in [1.54, 1.807) is 0 Å². The summed E-state index contributed by atoms with van der Waals surface area (Å²) in [7, 11) is 0. The second-order valence-electron chi connectivity index (χ2n) is 4.32. The third-order valence-electron chi connectivity index (χ3n) is 2.65. The number of hydrogen-bond acceptors (Lipinski definition) is 7. The third-order valence-corrected chi connectivity index (χ3v) is 3.11. The molecule has 0 saturated carbocycles. The Morgan fingerprint density at radius 2 is 2.20 bits per heavy atom. The van der Waals surface area contributed by atoms with Crippen LogP contribution in [0.5, 0.6) is 5.88 Å². The smallest absolute Gasteiger partial charge is 0.245 e. The van der Waals surface area contributed by atoms with E-state index in [0.717, 1.165) is 22.9 Å². The van der Waals surface area contributed by atoms with Crippen LogP contribution in [0, 0.1) is 0 Å². The highest BCUT2D eigenvalue weighted by Crippen LogP contribution is 2.06. The van der Waals surface area contributed by atoms with Crippen LogP contribution in [0.2, 0.25) is 0 Å². The summed E-state index contributed by atoms with van der Waals surface area (Å²) in [4.78, 5) is 0. The van der Waals surface area contributed by atoms with Crippen LogP contribution in [0.1, 0.15) is 11.1 Å². The zero-order valence-electron chi connectivity index (χ0n) is 10.9. The lowest BCUT2D eigenvalue weighted by atomic mass is 10.1. The van der Waals surface area contributed by atoms with Gasteiger partial charge in [0.2, 0.25) is 5.88 Å². The zero-order chi connectivity index (χ0) is 14.2. The number of aromatic nitrogens is 2. The van der Waals surface area contributed by atoms with E-state index in [1.165, 1.54) is 6.20 Å². The maximum atomic E-state index is 9.75. The molecule has 1 aromatic heterocycles. The predicted molar refractivity (Wildman–Crippen MR) is 75.5 cm³/mol. The lowest BCUT2D eigenvalue weighted by Crippen LogP contribution is -2.31. The van der Waals surface area contributed by atoms with E-state index < -0.39 is 6.10 Å². The largest absolute Gasteiger partial charge is 0.473 e. The molecule has 0 aliphatic rings. The van der Waals surface area contributed by atoms with Crippen molar-refractivity contribution in [2.45, 2.75) is 19.3 Å². The molecule has 0 amide bonds. The normalized spacial score (nSPS) is 12.3. The summed E-state index contributed by atoms with van der Waals surface area (Å²) >= 11 is 1.07. The van der Waals surface area contributed by atoms with E-state index in [-0.39, 0.29) is 13.2 Å². The first-order valence-electron chi connectivity index (χ1n) is 6.25. The SMILES string of the molecule is OCc1cccc(CNCC(O)COc2cnsn2)c1. The highest BCUT2D eigenvalue weighted by molar-refractivity contribution is 6.99. The molecular weight excluding hydrogens is 278 g/mol. The van der Waals surface area contributed by atoms with Crippen molar-refractivity contribution < 1.29 is 14.9 Å². The average Bonchev–Trinajstić information content (AvgIpc) is 2.99. The summed E-state index contributed by atoms with van der Waals surface area (Å²) in [6, 6.07) is 7.66. The van der Waals surface area contributed by atoms with Gasteiger partial charge in [-0.1, -0.05) is 24.3 Å². The molecule has 0 aliphatic carbocycles. The Balaban J connectivity index is 1.66. The Morgan fingerprint density at radius 3 is 2.95 bits per heavy atom. The predicted octanol–water partition coefficient (Wildman–Crippen LogP) is 0.560. The molecule has 7 heteroatoms. The molecule has 0 bridgehead atoms. The zero-order valence-corrected chi connectivity index (χ0v) is 11.7. The van der Waals surface area contributed by atoms with E-state index >= 15 is 0 Å². The van der Waals surface area contributed by atoms with Gasteiger partial charge in [-0.05, 0) is 11.1 Å². The van der Waals surface area contributed by atoms with Gasteiger partial charge in [0, 0.05) is 13.1 Å². The highest BCUT2D eigenvalue weighted by atomic mass is 32.1. The molecule has 0 saturated heterocycles. The minimum atomic E-state index is -0.613. The molecule has 1 unspecified atom stereocenters. The molecule has 1 atom stereocenters. The van der Waals surface area contributed by atoms with Crippen molar-refractivity contribution in [1.82, 2.24) is 14.1 Å². The van der Waals surface area contributed by atoms with Crippen molar-refractivity contribution in [2.24, 2.45) is 0 Å². The quantitative estimate of drug-likeness (QED) is 0.659. The van der Waals surface area contributed by atoms with E-state index in [4.69, 9.17) is 9.84 Å². The molecule has 3 N–H and O–H groups in total. The van der Waals surface area contributed by atoms with Gasteiger partial charge in [0.15, 0.2) is 0 Å². The summed E-state index contributed by atoms with van der Waals surface area (Å²) < 4.78 is 13.0. The fourth-order valence-electron chi connectivity index (χ4n) is 1.68. The van der Waals surface area contributed by atoms with Crippen molar-refractivity contribution in [2.75, 3.05) is 13.2 Å². The van der Waals surface area contributed by atoms with Crippen LogP contribution < -0.4 is 10.1 Å². The van der Waals surface area contributed by atoms with Crippen LogP contribution >= 0.6 is 11.7 Å². The second-order valence-corrected chi connectivity index (χ2v) is 4.88. The summed E-state index contributed by atoms with van der Waals surface area (Å²) in [6.07, 6.45) is 0.906. The van der Waals surface area contributed by atoms with Gasteiger partial charge in [0.05, 0.1) is 18.3 Å². The van der Waals surface area contributed by atoms with Crippen LogP contribution in [0.3, 0.4) is 0 Å². The van der Waals surface area contributed by atoms with Crippen LogP contribution in [-0.4, -0.2) is 38.2 Å². The molecule has 0 fully saturated rings. The number of aliphatic hydroxyl groups is 2. The number of rotatable bonds is 8. The van der Waals surface area contributed by atoms with Crippen molar-refractivity contribution in [3.8, 4) is 5.88 Å².